The van der Waals surface area contributed by atoms with Gasteiger partial charge in [-0.05, 0) is 43.4 Å². The van der Waals surface area contributed by atoms with E-state index in [0.717, 1.165) is 110 Å². The summed E-state index contributed by atoms with van der Waals surface area (Å²) in [7, 11) is 0. The van der Waals surface area contributed by atoms with Crippen molar-refractivity contribution in [3.8, 4) is 11.4 Å². The van der Waals surface area contributed by atoms with E-state index in [9.17, 15) is 0 Å². The molecule has 62 heavy (non-hydrogen) atoms. The predicted molar refractivity (Wildman–Crippen MR) is 256 cm³/mol. The zero-order valence-corrected chi connectivity index (χ0v) is 34.6. The molecule has 0 amide bonds. The van der Waals surface area contributed by atoms with E-state index in [1.54, 1.807) is 0 Å². The van der Waals surface area contributed by atoms with Crippen molar-refractivity contribution in [2.75, 3.05) is 0 Å². The smallest absolute Gasteiger partial charge is 0.164 e. The fourth-order valence-corrected chi connectivity index (χ4v) is 9.59. The van der Waals surface area contributed by atoms with E-state index < -0.39 is 0 Å². The van der Waals surface area contributed by atoms with Crippen LogP contribution in [0, 0.1) is 0 Å². The van der Waals surface area contributed by atoms with Gasteiger partial charge in [0.15, 0.2) is 23.3 Å². The van der Waals surface area contributed by atoms with E-state index >= 15 is 0 Å². The Bertz CT molecular complexity index is 3220. The van der Waals surface area contributed by atoms with Crippen molar-refractivity contribution in [1.29, 1.82) is 0 Å². The Hall–Kier alpha value is -7.65. The first-order chi connectivity index (χ1) is 30.5. The molecule has 1 N–H and O–H groups in total. The molecule has 8 bridgehead atoms. The highest BCUT2D eigenvalue weighted by atomic mass is 15.1. The Labute approximate surface area is 359 Å². The van der Waals surface area contributed by atoms with Crippen molar-refractivity contribution >= 4 is 68.2 Å². The van der Waals surface area contributed by atoms with Crippen molar-refractivity contribution < 1.29 is 0 Å². The molecule has 0 spiro atoms. The summed E-state index contributed by atoms with van der Waals surface area (Å²) in [6, 6.07) is 37.9. The second kappa shape index (κ2) is 14.8. The summed E-state index contributed by atoms with van der Waals surface area (Å²) < 4.78 is 2.33. The van der Waals surface area contributed by atoms with E-state index in [0.29, 0.717) is 41.4 Å². The number of aromatic nitrogens is 3. The van der Waals surface area contributed by atoms with Gasteiger partial charge in [0.25, 0.3) is 0 Å². The first-order valence-corrected chi connectivity index (χ1v) is 21.3. The number of nitrogens with one attached hydrogen (secondary N) is 1. The molecule has 3 aliphatic heterocycles. The summed E-state index contributed by atoms with van der Waals surface area (Å²) in [5.41, 5.74) is 11.6. The molecule has 0 unspecified atom stereocenters. The lowest BCUT2D eigenvalue weighted by Gasteiger charge is -2.32. The summed E-state index contributed by atoms with van der Waals surface area (Å²) in [6.45, 7) is 15.2. The molecule has 2 aromatic heterocycles. The van der Waals surface area contributed by atoms with E-state index in [1.807, 2.05) is 42.5 Å². The standard InChI is InChI=1S/C53H43N9/c1-5-25-53(26-6-2,27-7-3)33-23-21-32(22-24-33)52-56-44-29-40-41(30-45(44)62(52)28-8-4)50-55-43-31-42(34-15-9-10-16-35(34)43)54-46-36-17-11-12-18-37(36)47(57-46)58-48-38-19-13-14-20-39(38)49(59-48)60-51(40)61-50/h5-7,9-24,29-30H,1-3,8,25-28,31H2,4H3,(H,54,55,57,58,59,60,61). The number of fused-ring (bicyclic) bond motifs is 19. The maximum atomic E-state index is 5.40. The highest BCUT2D eigenvalue weighted by molar-refractivity contribution is 6.35. The summed E-state index contributed by atoms with van der Waals surface area (Å²) in [6.07, 6.45) is 9.96. The molecular weight excluding hydrogens is 763 g/mol. The zero-order chi connectivity index (χ0) is 42.0. The minimum Gasteiger partial charge on any atom is -0.324 e. The summed E-state index contributed by atoms with van der Waals surface area (Å²) in [5, 5.41) is 1.87. The molecule has 9 heteroatoms. The van der Waals surface area contributed by atoms with Crippen LogP contribution in [0.4, 0.5) is 11.6 Å². The highest BCUT2D eigenvalue weighted by Crippen LogP contribution is 2.40. The van der Waals surface area contributed by atoms with Crippen LogP contribution in [0.1, 0.15) is 78.0 Å². The number of aliphatic imine (C=N–C) groups is 6. The number of hydrogen-bond acceptors (Lipinski definition) is 7. The molecule has 300 valence electrons. The number of hydrogen-bond donors (Lipinski definition) is 1. The molecule has 9 nitrogen and oxygen atoms in total. The maximum Gasteiger partial charge on any atom is 0.164 e. The number of H-pyrrole nitrogens is 1. The quantitative estimate of drug-likeness (QED) is 0.137. The SMILES string of the molecule is C=CCC(CC=C)(CC=C)c1ccc(-c2nc3cc4c(cc3n2CCC)C2=NC4=Nc3[nH]c(c4ccccc34)N=C3N=C(N=C4CC(=N2)c2ccccc24)c2ccccc23)cc1. The molecule has 5 aromatic carbocycles. The molecule has 4 aliphatic rings. The average Bonchev–Trinajstić information content (AvgIpc) is 4.10. The van der Waals surface area contributed by atoms with E-state index in [1.165, 1.54) is 5.56 Å². The fraction of sp³-hybridized carbons (Fsp3) is 0.151. The Morgan fingerprint density at radius 3 is 1.65 bits per heavy atom. The van der Waals surface area contributed by atoms with Crippen molar-refractivity contribution in [2.24, 2.45) is 30.0 Å². The maximum absolute atomic E-state index is 5.40. The van der Waals surface area contributed by atoms with Gasteiger partial charge in [0, 0.05) is 68.1 Å². The first-order valence-electron chi connectivity index (χ1n) is 21.3. The average molecular weight is 806 g/mol. The van der Waals surface area contributed by atoms with Crippen LogP contribution in [0.3, 0.4) is 0 Å². The van der Waals surface area contributed by atoms with Gasteiger partial charge < -0.3 is 9.55 Å². The van der Waals surface area contributed by atoms with Crippen LogP contribution in [0.2, 0.25) is 0 Å². The van der Waals surface area contributed by atoms with Crippen LogP contribution in [-0.2, 0) is 12.0 Å². The molecule has 7 aromatic rings. The fourth-order valence-electron chi connectivity index (χ4n) is 9.59. The second-order valence-corrected chi connectivity index (χ2v) is 16.3. The molecule has 5 heterocycles. The van der Waals surface area contributed by atoms with E-state index in [2.05, 4.69) is 121 Å². The predicted octanol–water partition coefficient (Wildman–Crippen LogP) is 11.9. The number of imidazole rings is 1. The van der Waals surface area contributed by atoms with Crippen LogP contribution in [0.15, 0.2) is 177 Å². The normalized spacial score (nSPS) is 14.9. The van der Waals surface area contributed by atoms with Gasteiger partial charge >= 0.3 is 0 Å². The van der Waals surface area contributed by atoms with Crippen molar-refractivity contribution in [1.82, 2.24) is 14.5 Å². The third-order valence-electron chi connectivity index (χ3n) is 12.5. The Morgan fingerprint density at radius 2 is 1.08 bits per heavy atom. The molecule has 11 rings (SSSR count). The molecule has 0 fully saturated rings. The van der Waals surface area contributed by atoms with Crippen molar-refractivity contribution in [2.45, 2.75) is 51.0 Å². The van der Waals surface area contributed by atoms with Gasteiger partial charge in [0.1, 0.15) is 17.5 Å². The summed E-state index contributed by atoms with van der Waals surface area (Å²) in [5.74, 6) is 4.65. The lowest BCUT2D eigenvalue weighted by Crippen LogP contribution is -2.24. The molecular formula is C53H43N9. The van der Waals surface area contributed by atoms with Gasteiger partial charge in [-0.25, -0.2) is 34.9 Å². The number of aryl methyl sites for hydroxylation is 1. The first kappa shape index (κ1) is 37.4. The highest BCUT2D eigenvalue weighted by Gasteiger charge is 2.32. The molecule has 1 aliphatic carbocycles. The van der Waals surface area contributed by atoms with Gasteiger partial charge in [-0.3, -0.25) is 0 Å². The number of rotatable bonds is 10. The van der Waals surface area contributed by atoms with Gasteiger partial charge in [-0.2, -0.15) is 0 Å². The van der Waals surface area contributed by atoms with Crippen LogP contribution >= 0.6 is 0 Å². The van der Waals surface area contributed by atoms with E-state index in [-0.39, 0.29) is 5.41 Å². The van der Waals surface area contributed by atoms with Crippen LogP contribution in [0.25, 0.3) is 33.2 Å². The van der Waals surface area contributed by atoms with E-state index in [4.69, 9.17) is 34.9 Å². The Balaban J connectivity index is 1.11. The summed E-state index contributed by atoms with van der Waals surface area (Å²) in [4.78, 5) is 40.3. The van der Waals surface area contributed by atoms with Gasteiger partial charge in [-0.15, -0.1) is 19.7 Å². The third-order valence-corrected chi connectivity index (χ3v) is 12.5. The molecule has 0 radical (unpaired) electrons. The topological polar surface area (TPSA) is 108 Å². The van der Waals surface area contributed by atoms with Crippen LogP contribution in [0.5, 0.6) is 0 Å². The number of benzene rings is 5. The number of allylic oxidation sites excluding steroid dienone is 3. The van der Waals surface area contributed by atoms with Gasteiger partial charge in [0.05, 0.1) is 22.5 Å². The minimum absolute atomic E-state index is 0.137. The van der Waals surface area contributed by atoms with Crippen molar-refractivity contribution in [3.63, 3.8) is 0 Å². The Kier molecular flexibility index (Phi) is 8.93. The number of aromatic amines is 1. The van der Waals surface area contributed by atoms with Gasteiger partial charge in [0.2, 0.25) is 0 Å². The zero-order valence-electron chi connectivity index (χ0n) is 34.6. The number of nitrogens with zero attached hydrogens (tertiary/aromatic N) is 8. The number of amidine groups is 4. The Morgan fingerprint density at radius 1 is 0.581 bits per heavy atom. The minimum atomic E-state index is -0.137. The molecule has 0 atom stereocenters. The van der Waals surface area contributed by atoms with Crippen molar-refractivity contribution in [3.05, 3.63) is 186 Å². The van der Waals surface area contributed by atoms with Crippen LogP contribution < -0.4 is 0 Å². The summed E-state index contributed by atoms with van der Waals surface area (Å²) >= 11 is 0. The second-order valence-electron chi connectivity index (χ2n) is 16.3. The molecule has 0 saturated heterocycles. The lowest BCUT2D eigenvalue weighted by atomic mass is 9.72. The monoisotopic (exact) mass is 805 g/mol. The lowest BCUT2D eigenvalue weighted by molar-refractivity contribution is 0.442. The van der Waals surface area contributed by atoms with Crippen LogP contribution in [-0.4, -0.2) is 49.3 Å². The largest absolute Gasteiger partial charge is 0.324 e. The molecule has 0 saturated carbocycles. The van der Waals surface area contributed by atoms with Gasteiger partial charge in [-0.1, -0.05) is 122 Å². The third kappa shape index (κ3) is 5.95.